The van der Waals surface area contributed by atoms with Gasteiger partial charge in [-0.2, -0.15) is 5.10 Å². The number of hydrazone groups is 1. The number of rotatable bonds is 7. The van der Waals surface area contributed by atoms with Gasteiger partial charge in [-0.25, -0.2) is 10.2 Å². The molecular weight excluding hydrogens is 354 g/mol. The molecule has 0 aliphatic carbocycles. The molecule has 6 nitrogen and oxygen atoms in total. The van der Waals surface area contributed by atoms with Gasteiger partial charge < -0.3 is 14.0 Å². The molecule has 1 aromatic heterocycles. The van der Waals surface area contributed by atoms with E-state index < -0.39 is 6.09 Å². The predicted molar refractivity (Wildman–Crippen MR) is 111 cm³/mol. The maximum absolute atomic E-state index is 11.4. The van der Waals surface area contributed by atoms with E-state index in [9.17, 15) is 4.79 Å². The SMILES string of the molecule is CCOC(=O)N/N=C/c1cn(CCOc2cc(C)cc(C)c2)c2ccccc12. The van der Waals surface area contributed by atoms with Crippen LogP contribution in [0.5, 0.6) is 5.75 Å². The van der Waals surface area contributed by atoms with Crippen LogP contribution in [0.25, 0.3) is 10.9 Å². The lowest BCUT2D eigenvalue weighted by molar-refractivity contribution is 0.152. The molecule has 0 atom stereocenters. The first-order valence-electron chi connectivity index (χ1n) is 9.31. The average Bonchev–Trinajstić information content (AvgIpc) is 2.99. The molecule has 6 heteroatoms. The molecule has 0 spiro atoms. The standard InChI is InChI=1S/C22H25N3O3/c1-4-27-22(26)24-23-14-18-15-25(21-8-6-5-7-20(18)21)9-10-28-19-12-16(2)11-17(3)13-19/h5-8,11-15H,4,9-10H2,1-3H3,(H,24,26)/b23-14+. The number of amides is 1. The smallest absolute Gasteiger partial charge is 0.427 e. The summed E-state index contributed by atoms with van der Waals surface area (Å²) < 4.78 is 12.9. The van der Waals surface area contributed by atoms with Crippen molar-refractivity contribution in [3.05, 3.63) is 65.4 Å². The number of benzene rings is 2. The van der Waals surface area contributed by atoms with Gasteiger partial charge in [-0.15, -0.1) is 0 Å². The number of carbonyl (C=O) groups excluding carboxylic acids is 1. The highest BCUT2D eigenvalue weighted by atomic mass is 16.5. The molecule has 3 aromatic rings. The number of fused-ring (bicyclic) bond motifs is 1. The van der Waals surface area contributed by atoms with Crippen molar-refractivity contribution in [3.8, 4) is 5.75 Å². The Morgan fingerprint density at radius 2 is 1.93 bits per heavy atom. The van der Waals surface area contributed by atoms with Crippen molar-refractivity contribution in [2.45, 2.75) is 27.3 Å². The number of nitrogens with zero attached hydrogens (tertiary/aromatic N) is 2. The molecule has 146 valence electrons. The molecule has 0 unspecified atom stereocenters. The zero-order valence-corrected chi connectivity index (χ0v) is 16.4. The van der Waals surface area contributed by atoms with Crippen molar-refractivity contribution in [2.24, 2.45) is 5.10 Å². The van der Waals surface area contributed by atoms with Crippen LogP contribution < -0.4 is 10.2 Å². The molecule has 0 saturated heterocycles. The minimum absolute atomic E-state index is 0.307. The number of ether oxygens (including phenoxy) is 2. The molecule has 1 heterocycles. The molecular formula is C22H25N3O3. The lowest BCUT2D eigenvalue weighted by atomic mass is 10.1. The molecule has 1 N–H and O–H groups in total. The number of aromatic nitrogens is 1. The molecule has 0 aliphatic heterocycles. The number of para-hydroxylation sites is 1. The lowest BCUT2D eigenvalue weighted by Crippen LogP contribution is -2.18. The van der Waals surface area contributed by atoms with Crippen LogP contribution in [0.15, 0.2) is 53.8 Å². The third-order valence-electron chi connectivity index (χ3n) is 4.25. The monoisotopic (exact) mass is 379 g/mol. The summed E-state index contributed by atoms with van der Waals surface area (Å²) in [6.07, 6.45) is 3.07. The number of aryl methyl sites for hydroxylation is 2. The van der Waals surface area contributed by atoms with E-state index in [4.69, 9.17) is 9.47 Å². The molecule has 0 fully saturated rings. The summed E-state index contributed by atoms with van der Waals surface area (Å²) in [5.41, 5.74) is 6.74. The van der Waals surface area contributed by atoms with E-state index in [1.807, 2.05) is 36.5 Å². The van der Waals surface area contributed by atoms with Gasteiger partial charge in [-0.05, 0) is 50.1 Å². The summed E-state index contributed by atoms with van der Waals surface area (Å²) in [4.78, 5) is 11.4. The summed E-state index contributed by atoms with van der Waals surface area (Å²) in [6.45, 7) is 7.44. The van der Waals surface area contributed by atoms with Crippen molar-refractivity contribution in [1.29, 1.82) is 0 Å². The van der Waals surface area contributed by atoms with Gasteiger partial charge in [0, 0.05) is 22.7 Å². The number of hydrogen-bond acceptors (Lipinski definition) is 4. The third kappa shape index (κ3) is 4.91. The van der Waals surface area contributed by atoms with Gasteiger partial charge in [0.05, 0.1) is 19.4 Å². The van der Waals surface area contributed by atoms with Crippen molar-refractivity contribution >= 4 is 23.2 Å². The fourth-order valence-electron chi connectivity index (χ4n) is 3.16. The third-order valence-corrected chi connectivity index (χ3v) is 4.25. The number of hydrogen-bond donors (Lipinski definition) is 1. The van der Waals surface area contributed by atoms with Crippen molar-refractivity contribution < 1.29 is 14.3 Å². The second-order valence-corrected chi connectivity index (χ2v) is 6.56. The van der Waals surface area contributed by atoms with E-state index in [1.165, 1.54) is 11.1 Å². The molecule has 0 radical (unpaired) electrons. The van der Waals surface area contributed by atoms with Crippen LogP contribution in [0.3, 0.4) is 0 Å². The average molecular weight is 379 g/mol. The first kappa shape index (κ1) is 19.5. The lowest BCUT2D eigenvalue weighted by Gasteiger charge is -2.10. The van der Waals surface area contributed by atoms with E-state index in [1.54, 1.807) is 13.1 Å². The first-order valence-corrected chi connectivity index (χ1v) is 9.31. The minimum Gasteiger partial charge on any atom is -0.492 e. The highest BCUT2D eigenvalue weighted by Gasteiger charge is 2.07. The summed E-state index contributed by atoms with van der Waals surface area (Å²) in [6, 6.07) is 14.3. The first-order chi connectivity index (χ1) is 13.6. The van der Waals surface area contributed by atoms with Gasteiger partial charge in [0.15, 0.2) is 0 Å². The Bertz CT molecular complexity index is 972. The Kier molecular flexibility index (Phi) is 6.32. The molecule has 0 bridgehead atoms. The second kappa shape index (κ2) is 9.08. The van der Waals surface area contributed by atoms with Crippen LogP contribution in [0.1, 0.15) is 23.6 Å². The normalized spacial score (nSPS) is 11.1. The van der Waals surface area contributed by atoms with Gasteiger partial charge in [0.25, 0.3) is 0 Å². The van der Waals surface area contributed by atoms with Crippen LogP contribution in [-0.2, 0) is 11.3 Å². The highest BCUT2D eigenvalue weighted by Crippen LogP contribution is 2.21. The van der Waals surface area contributed by atoms with Crippen LogP contribution in [-0.4, -0.2) is 30.1 Å². The topological polar surface area (TPSA) is 64.8 Å². The molecule has 3 rings (SSSR count). The van der Waals surface area contributed by atoms with Crippen molar-refractivity contribution in [2.75, 3.05) is 13.2 Å². The van der Waals surface area contributed by atoms with Crippen LogP contribution in [0.4, 0.5) is 4.79 Å². The van der Waals surface area contributed by atoms with Crippen LogP contribution in [0.2, 0.25) is 0 Å². The van der Waals surface area contributed by atoms with Gasteiger partial charge in [0.1, 0.15) is 12.4 Å². The zero-order chi connectivity index (χ0) is 19.9. The molecule has 0 saturated carbocycles. The van der Waals surface area contributed by atoms with E-state index in [-0.39, 0.29) is 0 Å². The van der Waals surface area contributed by atoms with E-state index in [0.717, 1.165) is 22.2 Å². The van der Waals surface area contributed by atoms with Crippen molar-refractivity contribution in [1.82, 2.24) is 9.99 Å². The van der Waals surface area contributed by atoms with E-state index in [0.29, 0.717) is 19.8 Å². The summed E-state index contributed by atoms with van der Waals surface area (Å²) in [5.74, 6) is 0.884. The van der Waals surface area contributed by atoms with Crippen LogP contribution in [0, 0.1) is 13.8 Å². The van der Waals surface area contributed by atoms with Gasteiger partial charge >= 0.3 is 6.09 Å². The number of nitrogens with one attached hydrogen (secondary N) is 1. The second-order valence-electron chi connectivity index (χ2n) is 6.56. The Labute approximate surface area is 164 Å². The van der Waals surface area contributed by atoms with E-state index >= 15 is 0 Å². The summed E-state index contributed by atoms with van der Waals surface area (Å²) in [7, 11) is 0. The predicted octanol–water partition coefficient (Wildman–Crippen LogP) is 4.42. The van der Waals surface area contributed by atoms with E-state index in [2.05, 4.69) is 41.1 Å². The molecule has 28 heavy (non-hydrogen) atoms. The van der Waals surface area contributed by atoms with Gasteiger partial charge in [-0.1, -0.05) is 24.3 Å². The Morgan fingerprint density at radius 3 is 2.68 bits per heavy atom. The Morgan fingerprint density at radius 1 is 1.18 bits per heavy atom. The molecule has 1 amide bonds. The quantitative estimate of drug-likeness (QED) is 0.488. The fourth-order valence-corrected chi connectivity index (χ4v) is 3.16. The summed E-state index contributed by atoms with van der Waals surface area (Å²) >= 11 is 0. The van der Waals surface area contributed by atoms with Gasteiger partial charge in [-0.3, -0.25) is 0 Å². The fraction of sp³-hybridized carbons (Fsp3) is 0.273. The maximum atomic E-state index is 11.4. The maximum Gasteiger partial charge on any atom is 0.427 e. The Balaban J connectivity index is 1.71. The van der Waals surface area contributed by atoms with Crippen LogP contribution >= 0.6 is 0 Å². The largest absolute Gasteiger partial charge is 0.492 e. The Hall–Kier alpha value is -3.28. The summed E-state index contributed by atoms with van der Waals surface area (Å²) in [5, 5.41) is 5.04. The highest BCUT2D eigenvalue weighted by molar-refractivity contribution is 5.99. The minimum atomic E-state index is -0.565. The zero-order valence-electron chi connectivity index (χ0n) is 16.4. The van der Waals surface area contributed by atoms with Gasteiger partial charge in [0.2, 0.25) is 0 Å². The molecule has 0 aliphatic rings. The number of carbonyl (C=O) groups is 1. The van der Waals surface area contributed by atoms with Crippen molar-refractivity contribution in [3.63, 3.8) is 0 Å². The molecule has 2 aromatic carbocycles.